The van der Waals surface area contributed by atoms with Crippen LogP contribution >= 0.6 is 11.6 Å². The molecule has 0 bridgehead atoms. The van der Waals surface area contributed by atoms with Crippen LogP contribution in [-0.2, 0) is 0 Å². The zero-order valence-corrected chi connectivity index (χ0v) is 12.9. The molecular weight excluding hydrogens is 274 g/mol. The molecule has 2 atom stereocenters. The van der Waals surface area contributed by atoms with E-state index in [4.69, 9.17) is 16.3 Å². The van der Waals surface area contributed by atoms with Gasteiger partial charge in [0.1, 0.15) is 17.5 Å². The summed E-state index contributed by atoms with van der Waals surface area (Å²) in [6.07, 6.45) is 3.12. The van der Waals surface area contributed by atoms with E-state index in [9.17, 15) is 5.11 Å². The topological polar surface area (TPSA) is 32.7 Å². The first kappa shape index (κ1) is 14.2. The third-order valence-electron chi connectivity index (χ3n) is 4.46. The molecule has 110 valence electrons. The molecule has 0 unspecified atom stereocenters. The Morgan fingerprint density at radius 1 is 1.25 bits per heavy atom. The van der Waals surface area contributed by atoms with Gasteiger partial charge in [-0.15, -0.1) is 0 Å². The van der Waals surface area contributed by atoms with Crippen molar-refractivity contribution in [2.24, 2.45) is 0 Å². The average Bonchev–Trinajstić information content (AvgIpc) is 2.42. The smallest absolute Gasteiger partial charge is 0.131 e. The minimum atomic E-state index is -0.580. The zero-order valence-electron chi connectivity index (χ0n) is 12.1. The van der Waals surface area contributed by atoms with E-state index in [0.29, 0.717) is 5.02 Å². The van der Waals surface area contributed by atoms with Gasteiger partial charge in [0.2, 0.25) is 0 Å². The van der Waals surface area contributed by atoms with Crippen molar-refractivity contribution in [1.82, 2.24) is 4.90 Å². The monoisotopic (exact) mass is 295 g/mol. The molecule has 2 aliphatic rings. The quantitative estimate of drug-likeness (QED) is 0.862. The summed E-state index contributed by atoms with van der Waals surface area (Å²) in [5, 5.41) is 11.5. The Labute approximate surface area is 125 Å². The fraction of sp³-hybridized carbons (Fsp3) is 0.625. The minimum Gasteiger partial charge on any atom is -0.485 e. The van der Waals surface area contributed by atoms with Gasteiger partial charge in [-0.05, 0) is 58.0 Å². The highest BCUT2D eigenvalue weighted by Gasteiger charge is 2.45. The Balaban J connectivity index is 2.03. The molecule has 0 aromatic heterocycles. The molecule has 2 heterocycles. The first-order chi connectivity index (χ1) is 9.49. The van der Waals surface area contributed by atoms with Crippen molar-refractivity contribution in [2.45, 2.75) is 50.9 Å². The normalized spacial score (nSPS) is 29.6. The molecule has 20 heavy (non-hydrogen) atoms. The largest absolute Gasteiger partial charge is 0.485 e. The van der Waals surface area contributed by atoms with Crippen LogP contribution in [0.3, 0.4) is 0 Å². The molecule has 0 radical (unpaired) electrons. The Kier molecular flexibility index (Phi) is 3.69. The predicted molar refractivity (Wildman–Crippen MR) is 80.3 cm³/mol. The number of rotatable bonds is 1. The van der Waals surface area contributed by atoms with Crippen molar-refractivity contribution in [2.75, 3.05) is 13.1 Å². The van der Waals surface area contributed by atoms with Gasteiger partial charge in [-0.25, -0.2) is 0 Å². The molecule has 0 spiro atoms. The molecule has 0 saturated carbocycles. The second-order valence-corrected chi connectivity index (χ2v) is 6.81. The van der Waals surface area contributed by atoms with E-state index in [1.54, 1.807) is 0 Å². The molecule has 0 amide bonds. The second kappa shape index (κ2) is 5.21. The number of aliphatic hydroxyl groups excluding tert-OH is 1. The van der Waals surface area contributed by atoms with Gasteiger partial charge < -0.3 is 9.84 Å². The predicted octanol–water partition coefficient (Wildman–Crippen LogP) is 3.40. The van der Waals surface area contributed by atoms with E-state index in [-0.39, 0.29) is 6.04 Å². The number of ether oxygens (including phenoxy) is 1. The van der Waals surface area contributed by atoms with E-state index in [2.05, 4.69) is 4.90 Å². The Hall–Kier alpha value is -0.770. The average molecular weight is 296 g/mol. The number of hydrogen-bond donors (Lipinski definition) is 1. The van der Waals surface area contributed by atoms with Gasteiger partial charge in [0.15, 0.2) is 0 Å². The van der Waals surface area contributed by atoms with Gasteiger partial charge >= 0.3 is 0 Å². The molecule has 2 aliphatic heterocycles. The number of nitrogens with zero attached hydrogens (tertiary/aromatic N) is 1. The fourth-order valence-corrected chi connectivity index (χ4v) is 3.51. The molecule has 3 nitrogen and oxygen atoms in total. The highest BCUT2D eigenvalue weighted by molar-refractivity contribution is 6.30. The van der Waals surface area contributed by atoms with Crippen LogP contribution in [0, 0.1) is 0 Å². The van der Waals surface area contributed by atoms with E-state index in [0.717, 1.165) is 24.4 Å². The molecule has 4 heteroatoms. The maximum atomic E-state index is 10.8. The van der Waals surface area contributed by atoms with E-state index in [1.807, 2.05) is 32.0 Å². The van der Waals surface area contributed by atoms with Crippen LogP contribution in [0.2, 0.25) is 5.02 Å². The van der Waals surface area contributed by atoms with Crippen LogP contribution in [0.5, 0.6) is 5.75 Å². The van der Waals surface area contributed by atoms with Gasteiger partial charge in [0.05, 0.1) is 6.04 Å². The summed E-state index contributed by atoms with van der Waals surface area (Å²) in [6, 6.07) is 5.69. The van der Waals surface area contributed by atoms with Gasteiger partial charge in [0, 0.05) is 10.6 Å². The minimum absolute atomic E-state index is 0.0206. The lowest BCUT2D eigenvalue weighted by atomic mass is 9.85. The van der Waals surface area contributed by atoms with Crippen LogP contribution in [0.4, 0.5) is 0 Å². The third kappa shape index (κ3) is 2.43. The number of hydrogen-bond acceptors (Lipinski definition) is 3. The first-order valence-electron chi connectivity index (χ1n) is 7.39. The Bertz CT molecular complexity index is 497. The highest BCUT2D eigenvalue weighted by atomic mass is 35.5. The van der Waals surface area contributed by atoms with Crippen molar-refractivity contribution in [3.63, 3.8) is 0 Å². The zero-order chi connectivity index (χ0) is 14.3. The summed E-state index contributed by atoms with van der Waals surface area (Å²) in [4.78, 5) is 2.38. The van der Waals surface area contributed by atoms with Crippen LogP contribution in [0.15, 0.2) is 18.2 Å². The molecule has 1 saturated heterocycles. The van der Waals surface area contributed by atoms with Crippen LogP contribution in [0.1, 0.15) is 44.7 Å². The molecule has 1 aromatic rings. The molecule has 0 aliphatic carbocycles. The molecule has 1 N–H and O–H groups in total. The van der Waals surface area contributed by atoms with Crippen molar-refractivity contribution in [1.29, 1.82) is 0 Å². The number of aliphatic hydroxyl groups is 1. The first-order valence-corrected chi connectivity index (χ1v) is 7.77. The van der Waals surface area contributed by atoms with Crippen molar-refractivity contribution in [3.05, 3.63) is 28.8 Å². The van der Waals surface area contributed by atoms with Gasteiger partial charge in [-0.1, -0.05) is 18.0 Å². The van der Waals surface area contributed by atoms with Crippen molar-refractivity contribution < 1.29 is 9.84 Å². The number of fused-ring (bicyclic) bond motifs is 1. The summed E-state index contributed by atoms with van der Waals surface area (Å²) in [5.74, 6) is 0.847. The summed E-state index contributed by atoms with van der Waals surface area (Å²) in [5.41, 5.74) is 0.439. The SMILES string of the molecule is CC1(C)Oc2ccc(Cl)cc2[C@@H](N2CCCCC2)[C@@H]1O. The van der Waals surface area contributed by atoms with E-state index >= 15 is 0 Å². The van der Waals surface area contributed by atoms with Gasteiger partial charge in [-0.3, -0.25) is 4.90 Å². The van der Waals surface area contributed by atoms with Gasteiger partial charge in [0.25, 0.3) is 0 Å². The van der Waals surface area contributed by atoms with Gasteiger partial charge in [-0.2, -0.15) is 0 Å². The van der Waals surface area contributed by atoms with E-state index in [1.165, 1.54) is 19.3 Å². The molecule has 1 fully saturated rings. The lowest BCUT2D eigenvalue weighted by molar-refractivity contribution is -0.0961. The standard InChI is InChI=1S/C16H22ClNO2/c1-16(2)15(19)14(18-8-4-3-5-9-18)12-10-11(17)6-7-13(12)20-16/h6-7,10,14-15,19H,3-5,8-9H2,1-2H3/t14-,15+/m1/s1. The lowest BCUT2D eigenvalue weighted by Crippen LogP contribution is -2.54. The third-order valence-corrected chi connectivity index (χ3v) is 4.69. The summed E-state index contributed by atoms with van der Waals surface area (Å²) in [7, 11) is 0. The van der Waals surface area contributed by atoms with Crippen molar-refractivity contribution >= 4 is 11.6 Å². The number of halogens is 1. The maximum absolute atomic E-state index is 10.8. The van der Waals surface area contributed by atoms with Crippen LogP contribution < -0.4 is 4.74 Å². The number of benzene rings is 1. The van der Waals surface area contributed by atoms with Crippen LogP contribution in [0.25, 0.3) is 0 Å². The number of piperidine rings is 1. The Morgan fingerprint density at radius 3 is 2.65 bits per heavy atom. The Morgan fingerprint density at radius 2 is 1.95 bits per heavy atom. The maximum Gasteiger partial charge on any atom is 0.131 e. The summed E-state index contributed by atoms with van der Waals surface area (Å²) < 4.78 is 5.97. The van der Waals surface area contributed by atoms with E-state index < -0.39 is 11.7 Å². The number of likely N-dealkylation sites (tertiary alicyclic amines) is 1. The molecule has 1 aromatic carbocycles. The second-order valence-electron chi connectivity index (χ2n) is 6.37. The molecule has 3 rings (SSSR count). The fourth-order valence-electron chi connectivity index (χ4n) is 3.33. The van der Waals surface area contributed by atoms with Crippen molar-refractivity contribution in [3.8, 4) is 5.75 Å². The lowest BCUT2D eigenvalue weighted by Gasteiger charge is -2.47. The van der Waals surface area contributed by atoms with Crippen LogP contribution in [-0.4, -0.2) is 34.8 Å². The summed E-state index contributed by atoms with van der Waals surface area (Å²) in [6.45, 7) is 5.96. The summed E-state index contributed by atoms with van der Waals surface area (Å²) >= 11 is 6.14. The highest BCUT2D eigenvalue weighted by Crippen LogP contribution is 2.44. The molecular formula is C16H22ClNO2.